The highest BCUT2D eigenvalue weighted by Gasteiger charge is 2.13. The molecule has 2 aromatic rings. The van der Waals surface area contributed by atoms with Gasteiger partial charge in [0.15, 0.2) is 0 Å². The summed E-state index contributed by atoms with van der Waals surface area (Å²) in [6.07, 6.45) is 0.317. The minimum atomic E-state index is -0.446. The van der Waals surface area contributed by atoms with Crippen molar-refractivity contribution < 1.29 is 4.39 Å². The Kier molecular flexibility index (Phi) is 4.32. The molecule has 0 aliphatic rings. The average Bonchev–Trinajstić information content (AvgIpc) is 2.49. The molecule has 0 saturated carbocycles. The zero-order valence-corrected chi connectivity index (χ0v) is 10.8. The molecule has 0 unspecified atom stereocenters. The Bertz CT molecular complexity index is 668. The van der Waals surface area contributed by atoms with E-state index in [1.807, 2.05) is 41.3 Å². The molecular weight excluding hydrogens is 253 g/mol. The van der Waals surface area contributed by atoms with Crippen molar-refractivity contribution in [2.45, 2.75) is 6.42 Å². The van der Waals surface area contributed by atoms with Crippen molar-refractivity contribution in [3.05, 3.63) is 59.9 Å². The lowest BCUT2D eigenvalue weighted by Crippen LogP contribution is -2.19. The van der Waals surface area contributed by atoms with Gasteiger partial charge in [-0.15, -0.1) is 0 Å². The van der Waals surface area contributed by atoms with Gasteiger partial charge in [-0.25, -0.2) is 4.39 Å². The third-order valence-electron chi connectivity index (χ3n) is 2.88. The smallest absolute Gasteiger partial charge is 0.124 e. The molecule has 0 spiro atoms. The van der Waals surface area contributed by atoms with Gasteiger partial charge in [0, 0.05) is 12.2 Å². The molecule has 20 heavy (non-hydrogen) atoms. The van der Waals surface area contributed by atoms with Gasteiger partial charge in [0.25, 0.3) is 0 Å². The second kappa shape index (κ2) is 6.36. The predicted molar refractivity (Wildman–Crippen MR) is 74.8 cm³/mol. The van der Waals surface area contributed by atoms with Gasteiger partial charge in [0.05, 0.1) is 23.7 Å². The summed E-state index contributed by atoms with van der Waals surface area (Å²) in [4.78, 5) is 1.85. The molecule has 0 saturated heterocycles. The lowest BCUT2D eigenvalue weighted by Gasteiger charge is -2.25. The molecule has 0 radical (unpaired) electrons. The Labute approximate surface area is 117 Å². The van der Waals surface area contributed by atoms with Gasteiger partial charge in [-0.3, -0.25) is 0 Å². The molecule has 0 aliphatic heterocycles. The lowest BCUT2D eigenvalue weighted by atomic mass is 10.1. The van der Waals surface area contributed by atoms with E-state index < -0.39 is 5.82 Å². The molecule has 0 fully saturated rings. The summed E-state index contributed by atoms with van der Waals surface area (Å²) in [6.45, 7) is 0.445. The summed E-state index contributed by atoms with van der Waals surface area (Å²) in [5.74, 6) is -0.446. The number of halogens is 1. The maximum atomic E-state index is 13.2. The van der Waals surface area contributed by atoms with Gasteiger partial charge in [0.1, 0.15) is 11.9 Å². The second-order valence-electron chi connectivity index (χ2n) is 4.17. The first kappa shape index (κ1) is 13.6. The Balaban J connectivity index is 2.48. The van der Waals surface area contributed by atoms with Gasteiger partial charge < -0.3 is 4.90 Å². The van der Waals surface area contributed by atoms with Crippen LogP contribution in [0.2, 0.25) is 0 Å². The Hall–Kier alpha value is -2.85. The molecule has 0 aliphatic carbocycles. The highest BCUT2D eigenvalue weighted by molar-refractivity contribution is 5.69. The average molecular weight is 265 g/mol. The van der Waals surface area contributed by atoms with Crippen LogP contribution < -0.4 is 4.90 Å². The second-order valence-corrected chi connectivity index (χ2v) is 4.17. The number of benzene rings is 2. The fourth-order valence-electron chi connectivity index (χ4n) is 1.99. The van der Waals surface area contributed by atoms with Crippen molar-refractivity contribution in [1.29, 1.82) is 10.5 Å². The Morgan fingerprint density at radius 3 is 2.45 bits per heavy atom. The fourth-order valence-corrected chi connectivity index (χ4v) is 1.99. The van der Waals surface area contributed by atoms with Gasteiger partial charge >= 0.3 is 0 Å². The van der Waals surface area contributed by atoms with Gasteiger partial charge in [-0.2, -0.15) is 10.5 Å². The van der Waals surface area contributed by atoms with Crippen molar-refractivity contribution in [3.63, 3.8) is 0 Å². The highest BCUT2D eigenvalue weighted by atomic mass is 19.1. The van der Waals surface area contributed by atoms with Crippen LogP contribution in [-0.2, 0) is 0 Å². The minimum absolute atomic E-state index is 0.256. The quantitative estimate of drug-likeness (QED) is 0.846. The first-order chi connectivity index (χ1) is 9.76. The SMILES string of the molecule is N#CCCN(c1ccccc1)c1ccc(F)cc1C#N. The van der Waals surface area contributed by atoms with Crippen LogP contribution in [0.3, 0.4) is 0 Å². The molecule has 0 N–H and O–H groups in total. The zero-order chi connectivity index (χ0) is 14.4. The third-order valence-corrected chi connectivity index (χ3v) is 2.88. The normalized spacial score (nSPS) is 9.55. The molecule has 98 valence electrons. The van der Waals surface area contributed by atoms with Crippen LogP contribution in [0.1, 0.15) is 12.0 Å². The van der Waals surface area contributed by atoms with Gasteiger partial charge in [-0.1, -0.05) is 18.2 Å². The van der Waals surface area contributed by atoms with Crippen molar-refractivity contribution in [2.75, 3.05) is 11.4 Å². The Morgan fingerprint density at radius 2 is 1.80 bits per heavy atom. The molecule has 2 rings (SSSR count). The van der Waals surface area contributed by atoms with Crippen molar-refractivity contribution in [3.8, 4) is 12.1 Å². The number of anilines is 2. The van der Waals surface area contributed by atoms with Crippen LogP contribution in [-0.4, -0.2) is 6.54 Å². The summed E-state index contributed by atoms with van der Waals surface area (Å²) in [5, 5.41) is 17.9. The van der Waals surface area contributed by atoms with E-state index in [4.69, 9.17) is 10.5 Å². The first-order valence-electron chi connectivity index (χ1n) is 6.15. The van der Waals surface area contributed by atoms with Crippen LogP contribution in [0.15, 0.2) is 48.5 Å². The zero-order valence-electron chi connectivity index (χ0n) is 10.8. The van der Waals surface area contributed by atoms with E-state index in [0.29, 0.717) is 18.7 Å². The van der Waals surface area contributed by atoms with Gasteiger partial charge in [-0.05, 0) is 30.3 Å². The van der Waals surface area contributed by atoms with Crippen molar-refractivity contribution in [2.24, 2.45) is 0 Å². The van der Waals surface area contributed by atoms with E-state index in [1.54, 1.807) is 6.07 Å². The maximum Gasteiger partial charge on any atom is 0.124 e. The number of nitriles is 2. The lowest BCUT2D eigenvalue weighted by molar-refractivity contribution is 0.627. The highest BCUT2D eigenvalue weighted by Crippen LogP contribution is 2.28. The van der Waals surface area contributed by atoms with E-state index in [0.717, 1.165) is 5.69 Å². The number of rotatable bonds is 4. The third kappa shape index (κ3) is 2.93. The van der Waals surface area contributed by atoms with E-state index in [-0.39, 0.29) is 5.56 Å². The number of hydrogen-bond donors (Lipinski definition) is 0. The molecule has 4 heteroatoms. The molecule has 3 nitrogen and oxygen atoms in total. The monoisotopic (exact) mass is 265 g/mol. The van der Waals surface area contributed by atoms with E-state index >= 15 is 0 Å². The van der Waals surface area contributed by atoms with E-state index in [2.05, 4.69) is 6.07 Å². The van der Waals surface area contributed by atoms with Crippen LogP contribution in [0.4, 0.5) is 15.8 Å². The number of nitrogens with zero attached hydrogens (tertiary/aromatic N) is 3. The summed E-state index contributed by atoms with van der Waals surface area (Å²) in [6, 6.07) is 17.6. The van der Waals surface area contributed by atoms with Crippen LogP contribution in [0.25, 0.3) is 0 Å². The molecule has 0 heterocycles. The van der Waals surface area contributed by atoms with Crippen LogP contribution in [0, 0.1) is 28.5 Å². The number of hydrogen-bond acceptors (Lipinski definition) is 3. The predicted octanol–water partition coefficient (Wildman–Crippen LogP) is 3.75. The van der Waals surface area contributed by atoms with Crippen LogP contribution >= 0.6 is 0 Å². The summed E-state index contributed by atoms with van der Waals surface area (Å²) in [5.41, 5.74) is 1.73. The van der Waals surface area contributed by atoms with E-state index in [1.165, 1.54) is 12.1 Å². The summed E-state index contributed by atoms with van der Waals surface area (Å²) < 4.78 is 13.2. The van der Waals surface area contributed by atoms with Crippen molar-refractivity contribution >= 4 is 11.4 Å². The maximum absolute atomic E-state index is 13.2. The largest absolute Gasteiger partial charge is 0.339 e. The molecule has 0 aromatic heterocycles. The summed E-state index contributed by atoms with van der Waals surface area (Å²) in [7, 11) is 0. The fraction of sp³-hybridized carbons (Fsp3) is 0.125. The van der Waals surface area contributed by atoms with Crippen molar-refractivity contribution in [1.82, 2.24) is 0 Å². The molecule has 0 bridgehead atoms. The summed E-state index contributed by atoms with van der Waals surface area (Å²) >= 11 is 0. The topological polar surface area (TPSA) is 50.8 Å². The molecular formula is C16H12FN3. The minimum Gasteiger partial charge on any atom is -0.339 e. The van der Waals surface area contributed by atoms with E-state index in [9.17, 15) is 4.39 Å². The van der Waals surface area contributed by atoms with Crippen LogP contribution in [0.5, 0.6) is 0 Å². The molecule has 2 aromatic carbocycles. The molecule has 0 atom stereocenters. The standard InChI is InChI=1S/C16H12FN3/c17-14-7-8-16(13(11-14)12-19)20(10-4-9-18)15-5-2-1-3-6-15/h1-3,5-8,11H,4,10H2. The molecule has 0 amide bonds. The first-order valence-corrected chi connectivity index (χ1v) is 6.15. The van der Waals surface area contributed by atoms with Gasteiger partial charge in [0.2, 0.25) is 0 Å². The number of para-hydroxylation sites is 1. The Morgan fingerprint density at radius 1 is 1.05 bits per heavy atom.